The molecule has 1 saturated heterocycles. The average molecular weight is 398 g/mol. The average Bonchev–Trinajstić information content (AvgIpc) is 2.67. The van der Waals surface area contributed by atoms with Crippen LogP contribution >= 0.6 is 0 Å². The molecule has 0 aromatic heterocycles. The zero-order chi connectivity index (χ0) is 19.9. The minimum atomic E-state index is -3.73. The van der Waals surface area contributed by atoms with Crippen molar-refractivity contribution in [2.75, 3.05) is 26.7 Å². The zero-order valence-electron chi connectivity index (χ0n) is 15.6. The van der Waals surface area contributed by atoms with E-state index in [1.165, 1.54) is 38.3 Å². The summed E-state index contributed by atoms with van der Waals surface area (Å²) in [6.45, 7) is 2.79. The SMILES string of the molecule is COc1ccc(S(=O)(=O)NCCC(=O)O[C@@H](C)C(=O)N2CCCCC2)cc1. The van der Waals surface area contributed by atoms with Crippen molar-refractivity contribution in [1.29, 1.82) is 0 Å². The number of carbonyl (C=O) groups is 2. The molecule has 1 aromatic carbocycles. The second-order valence-corrected chi connectivity index (χ2v) is 8.11. The molecule has 27 heavy (non-hydrogen) atoms. The molecule has 0 radical (unpaired) electrons. The Morgan fingerprint density at radius 1 is 1.15 bits per heavy atom. The Labute approximate surface area is 159 Å². The first kappa shape index (κ1) is 21.2. The van der Waals surface area contributed by atoms with Crippen LogP contribution in [0, 0.1) is 0 Å². The van der Waals surface area contributed by atoms with Crippen LogP contribution in [0.15, 0.2) is 29.2 Å². The number of hydrogen-bond donors (Lipinski definition) is 1. The van der Waals surface area contributed by atoms with Crippen LogP contribution in [-0.4, -0.2) is 58.0 Å². The molecular formula is C18H26N2O6S. The van der Waals surface area contributed by atoms with Crippen LogP contribution in [0.4, 0.5) is 0 Å². The second-order valence-electron chi connectivity index (χ2n) is 6.34. The Balaban J connectivity index is 1.78. The first-order valence-corrected chi connectivity index (χ1v) is 10.4. The Morgan fingerprint density at radius 2 is 1.78 bits per heavy atom. The van der Waals surface area contributed by atoms with Crippen molar-refractivity contribution in [3.8, 4) is 5.75 Å². The van der Waals surface area contributed by atoms with Crippen LogP contribution in [0.1, 0.15) is 32.6 Å². The molecule has 150 valence electrons. The van der Waals surface area contributed by atoms with Gasteiger partial charge in [0.25, 0.3) is 5.91 Å². The van der Waals surface area contributed by atoms with Gasteiger partial charge in [-0.15, -0.1) is 0 Å². The fourth-order valence-corrected chi connectivity index (χ4v) is 3.84. The molecule has 8 nitrogen and oxygen atoms in total. The summed E-state index contributed by atoms with van der Waals surface area (Å²) in [6.07, 6.45) is 1.99. The lowest BCUT2D eigenvalue weighted by molar-refractivity contribution is -0.159. The number of nitrogens with one attached hydrogen (secondary N) is 1. The highest BCUT2D eigenvalue weighted by atomic mass is 32.2. The zero-order valence-corrected chi connectivity index (χ0v) is 16.5. The number of sulfonamides is 1. The van der Waals surface area contributed by atoms with Gasteiger partial charge in [0.1, 0.15) is 5.75 Å². The Morgan fingerprint density at radius 3 is 2.37 bits per heavy atom. The van der Waals surface area contributed by atoms with Gasteiger partial charge in [0.15, 0.2) is 6.10 Å². The molecule has 1 heterocycles. The number of piperidine rings is 1. The van der Waals surface area contributed by atoms with Gasteiger partial charge in [0.05, 0.1) is 18.4 Å². The normalized spacial score (nSPS) is 15.9. The molecule has 0 saturated carbocycles. The third-order valence-electron chi connectivity index (χ3n) is 4.31. The maximum absolute atomic E-state index is 12.2. The smallest absolute Gasteiger partial charge is 0.307 e. The third-order valence-corrected chi connectivity index (χ3v) is 5.79. The molecule has 0 unspecified atom stereocenters. The number of esters is 1. The van der Waals surface area contributed by atoms with E-state index >= 15 is 0 Å². The Hall–Kier alpha value is -2.13. The minimum Gasteiger partial charge on any atom is -0.497 e. The number of amides is 1. The van der Waals surface area contributed by atoms with E-state index in [0.29, 0.717) is 18.8 Å². The molecule has 1 amide bonds. The summed E-state index contributed by atoms with van der Waals surface area (Å²) in [5, 5.41) is 0. The summed E-state index contributed by atoms with van der Waals surface area (Å²) in [5.74, 6) is -0.281. The number of nitrogens with zero attached hydrogens (tertiary/aromatic N) is 1. The van der Waals surface area contributed by atoms with Gasteiger partial charge in [-0.05, 0) is 50.5 Å². The molecule has 0 bridgehead atoms. The van der Waals surface area contributed by atoms with Crippen LogP contribution in [0.2, 0.25) is 0 Å². The molecule has 1 aromatic rings. The lowest BCUT2D eigenvalue weighted by Gasteiger charge is -2.28. The summed E-state index contributed by atoms with van der Waals surface area (Å²) in [6, 6.07) is 5.91. The largest absolute Gasteiger partial charge is 0.497 e. The molecule has 9 heteroatoms. The van der Waals surface area contributed by atoms with Crippen molar-refractivity contribution in [3.63, 3.8) is 0 Å². The third kappa shape index (κ3) is 6.21. The highest BCUT2D eigenvalue weighted by Gasteiger charge is 2.25. The summed E-state index contributed by atoms with van der Waals surface area (Å²) in [5.41, 5.74) is 0. The van der Waals surface area contributed by atoms with E-state index in [1.54, 1.807) is 4.90 Å². The summed E-state index contributed by atoms with van der Waals surface area (Å²) in [4.78, 5) is 25.9. The van der Waals surface area contributed by atoms with Crippen LogP contribution in [0.5, 0.6) is 5.75 Å². The fraction of sp³-hybridized carbons (Fsp3) is 0.556. The summed E-state index contributed by atoms with van der Waals surface area (Å²) in [7, 11) is -2.24. The van der Waals surface area contributed by atoms with Crippen LogP contribution in [0.25, 0.3) is 0 Å². The summed E-state index contributed by atoms with van der Waals surface area (Å²) >= 11 is 0. The molecule has 1 atom stereocenters. The van der Waals surface area contributed by atoms with Gasteiger partial charge >= 0.3 is 5.97 Å². The van der Waals surface area contributed by atoms with E-state index in [4.69, 9.17) is 9.47 Å². The fourth-order valence-electron chi connectivity index (χ4n) is 2.80. The van der Waals surface area contributed by atoms with Crippen molar-refractivity contribution in [2.45, 2.75) is 43.6 Å². The topological polar surface area (TPSA) is 102 Å². The van der Waals surface area contributed by atoms with Gasteiger partial charge in [-0.1, -0.05) is 0 Å². The van der Waals surface area contributed by atoms with Crippen LogP contribution in [0.3, 0.4) is 0 Å². The van der Waals surface area contributed by atoms with E-state index in [2.05, 4.69) is 4.72 Å². The van der Waals surface area contributed by atoms with Crippen molar-refractivity contribution in [3.05, 3.63) is 24.3 Å². The predicted octanol–water partition coefficient (Wildman–Crippen LogP) is 1.31. The van der Waals surface area contributed by atoms with E-state index in [0.717, 1.165) is 19.3 Å². The maximum atomic E-state index is 12.2. The van der Waals surface area contributed by atoms with Gasteiger partial charge in [-0.25, -0.2) is 13.1 Å². The van der Waals surface area contributed by atoms with Crippen molar-refractivity contribution >= 4 is 21.9 Å². The standard InChI is InChI=1S/C18H26N2O6S/c1-14(18(22)20-12-4-3-5-13-20)26-17(21)10-11-19-27(23,24)16-8-6-15(25-2)7-9-16/h6-9,14,19H,3-5,10-13H2,1-2H3/t14-/m0/s1. The molecule has 1 aliphatic rings. The number of methoxy groups -OCH3 is 1. The minimum absolute atomic E-state index is 0.0744. The molecular weight excluding hydrogens is 372 g/mol. The monoisotopic (exact) mass is 398 g/mol. The number of benzene rings is 1. The van der Waals surface area contributed by atoms with Crippen molar-refractivity contribution in [1.82, 2.24) is 9.62 Å². The van der Waals surface area contributed by atoms with Crippen molar-refractivity contribution < 1.29 is 27.5 Å². The number of ether oxygens (including phenoxy) is 2. The Kier molecular flexibility index (Phi) is 7.61. The molecule has 2 rings (SSSR count). The Bertz CT molecular complexity index is 742. The lowest BCUT2D eigenvalue weighted by atomic mass is 10.1. The molecule has 0 spiro atoms. The molecule has 1 aliphatic heterocycles. The first-order chi connectivity index (χ1) is 12.8. The van der Waals surface area contributed by atoms with Gasteiger partial charge < -0.3 is 14.4 Å². The van der Waals surface area contributed by atoms with Gasteiger partial charge in [-0.2, -0.15) is 0 Å². The van der Waals surface area contributed by atoms with Crippen LogP contribution < -0.4 is 9.46 Å². The van der Waals surface area contributed by atoms with Gasteiger partial charge in [-0.3, -0.25) is 9.59 Å². The molecule has 1 N–H and O–H groups in total. The van der Waals surface area contributed by atoms with Gasteiger partial charge in [0.2, 0.25) is 10.0 Å². The number of likely N-dealkylation sites (tertiary alicyclic amines) is 1. The number of rotatable bonds is 8. The molecule has 0 aliphatic carbocycles. The van der Waals surface area contributed by atoms with Crippen LogP contribution in [-0.2, 0) is 24.3 Å². The van der Waals surface area contributed by atoms with Gasteiger partial charge in [0, 0.05) is 19.6 Å². The predicted molar refractivity (Wildman–Crippen MR) is 98.8 cm³/mol. The number of hydrogen-bond acceptors (Lipinski definition) is 6. The lowest BCUT2D eigenvalue weighted by Crippen LogP contribution is -2.42. The van der Waals surface area contributed by atoms with E-state index in [1.807, 2.05) is 0 Å². The summed E-state index contributed by atoms with van der Waals surface area (Å²) < 4.78 is 36.8. The van der Waals surface area contributed by atoms with Crippen molar-refractivity contribution in [2.24, 2.45) is 0 Å². The highest BCUT2D eigenvalue weighted by molar-refractivity contribution is 7.89. The molecule has 1 fully saturated rings. The quantitative estimate of drug-likeness (QED) is 0.663. The van der Waals surface area contributed by atoms with E-state index < -0.39 is 22.1 Å². The highest BCUT2D eigenvalue weighted by Crippen LogP contribution is 2.15. The second kappa shape index (κ2) is 9.70. The first-order valence-electron chi connectivity index (χ1n) is 8.95. The maximum Gasteiger partial charge on any atom is 0.307 e. The number of carbonyl (C=O) groups excluding carboxylic acids is 2. The van der Waals surface area contributed by atoms with E-state index in [-0.39, 0.29) is 23.8 Å². The van der Waals surface area contributed by atoms with E-state index in [9.17, 15) is 18.0 Å².